The van der Waals surface area contributed by atoms with Crippen LogP contribution < -0.4 is 5.73 Å². The molecule has 0 aliphatic rings. The molecular formula is C13H17N3O4S. The van der Waals surface area contributed by atoms with Crippen molar-refractivity contribution < 1.29 is 17.9 Å². The highest BCUT2D eigenvalue weighted by Crippen LogP contribution is 2.15. The number of rotatable bonds is 6. The van der Waals surface area contributed by atoms with Gasteiger partial charge in [0.2, 0.25) is 0 Å². The van der Waals surface area contributed by atoms with E-state index in [0.717, 1.165) is 11.0 Å². The van der Waals surface area contributed by atoms with E-state index in [1.807, 2.05) is 0 Å². The molecule has 0 atom stereocenters. The Morgan fingerprint density at radius 2 is 2.14 bits per heavy atom. The molecule has 2 rings (SSSR count). The van der Waals surface area contributed by atoms with Crippen LogP contribution in [0.5, 0.6) is 0 Å². The van der Waals surface area contributed by atoms with Gasteiger partial charge in [0.15, 0.2) is 9.84 Å². The fourth-order valence-electron chi connectivity index (χ4n) is 1.89. The molecule has 0 amide bonds. The van der Waals surface area contributed by atoms with E-state index in [4.69, 9.17) is 5.73 Å². The first-order valence-electron chi connectivity index (χ1n) is 6.41. The summed E-state index contributed by atoms with van der Waals surface area (Å²) < 4.78 is 28.1. The molecule has 1 aromatic carbocycles. The fraction of sp³-hybridized carbons (Fsp3) is 0.385. The van der Waals surface area contributed by atoms with Gasteiger partial charge in [0.1, 0.15) is 5.82 Å². The third-order valence-electron chi connectivity index (χ3n) is 3.05. The molecule has 0 unspecified atom stereocenters. The number of anilines is 1. The minimum atomic E-state index is -3.32. The van der Waals surface area contributed by atoms with E-state index < -0.39 is 15.8 Å². The molecule has 0 saturated carbocycles. The highest BCUT2D eigenvalue weighted by molar-refractivity contribution is 7.91. The molecule has 0 radical (unpaired) electrons. The van der Waals surface area contributed by atoms with Crippen molar-refractivity contribution in [1.29, 1.82) is 0 Å². The van der Waals surface area contributed by atoms with Crippen LogP contribution in [0.3, 0.4) is 0 Å². The maximum Gasteiger partial charge on any atom is 0.306 e. The summed E-state index contributed by atoms with van der Waals surface area (Å²) in [6.45, 7) is 0. The monoisotopic (exact) mass is 311 g/mol. The number of esters is 1. The van der Waals surface area contributed by atoms with Crippen molar-refractivity contribution in [1.82, 2.24) is 9.97 Å². The van der Waals surface area contributed by atoms with Crippen molar-refractivity contribution >= 4 is 32.5 Å². The summed E-state index contributed by atoms with van der Waals surface area (Å²) in [5.74, 6) is -0.235. The number of nitrogens with zero attached hydrogens (tertiary/aromatic N) is 1. The van der Waals surface area contributed by atoms with Gasteiger partial charge in [0.05, 0.1) is 36.1 Å². The summed E-state index contributed by atoms with van der Waals surface area (Å²) in [5, 5.41) is 0. The van der Waals surface area contributed by atoms with Gasteiger partial charge in [0, 0.05) is 12.1 Å². The number of aromatic amines is 1. The van der Waals surface area contributed by atoms with E-state index in [1.165, 1.54) is 7.11 Å². The molecule has 8 heteroatoms. The molecule has 2 aromatic rings. The lowest BCUT2D eigenvalue weighted by Crippen LogP contribution is -2.17. The lowest BCUT2D eigenvalue weighted by Gasteiger charge is -2.02. The van der Waals surface area contributed by atoms with Crippen molar-refractivity contribution in [2.75, 3.05) is 24.3 Å². The van der Waals surface area contributed by atoms with Gasteiger partial charge < -0.3 is 15.5 Å². The molecule has 21 heavy (non-hydrogen) atoms. The van der Waals surface area contributed by atoms with Gasteiger partial charge in [-0.25, -0.2) is 13.4 Å². The summed E-state index contributed by atoms with van der Waals surface area (Å²) in [6.07, 6.45) is 0.133. The molecule has 0 saturated heterocycles. The van der Waals surface area contributed by atoms with Gasteiger partial charge in [-0.05, 0) is 18.2 Å². The SMILES string of the molecule is COC(=O)CCS(=O)(=O)CCc1nc2ccc(N)cc2[nH]1. The lowest BCUT2D eigenvalue weighted by atomic mass is 10.3. The number of imidazole rings is 1. The number of carbonyl (C=O) groups is 1. The van der Waals surface area contributed by atoms with E-state index in [9.17, 15) is 13.2 Å². The quantitative estimate of drug-likeness (QED) is 0.598. The standard InChI is InChI=1S/C13H17N3O4S/c1-20-13(17)5-7-21(18,19)6-4-12-15-10-3-2-9(14)8-11(10)16-12/h2-3,8H,4-7,14H2,1H3,(H,15,16). The molecule has 0 fully saturated rings. The lowest BCUT2D eigenvalue weighted by molar-refractivity contribution is -0.140. The first-order valence-corrected chi connectivity index (χ1v) is 8.23. The van der Waals surface area contributed by atoms with E-state index >= 15 is 0 Å². The fourth-order valence-corrected chi connectivity index (χ4v) is 3.08. The smallest absolute Gasteiger partial charge is 0.306 e. The Kier molecular flexibility index (Phi) is 4.46. The van der Waals surface area contributed by atoms with Gasteiger partial charge in [0.25, 0.3) is 0 Å². The van der Waals surface area contributed by atoms with Crippen molar-refractivity contribution in [2.45, 2.75) is 12.8 Å². The largest absolute Gasteiger partial charge is 0.469 e. The molecule has 0 aliphatic heterocycles. The molecule has 1 heterocycles. The highest BCUT2D eigenvalue weighted by Gasteiger charge is 2.15. The number of nitrogens with two attached hydrogens (primary N) is 1. The normalized spacial score (nSPS) is 11.7. The number of ether oxygens (including phenoxy) is 1. The van der Waals surface area contributed by atoms with E-state index in [2.05, 4.69) is 14.7 Å². The van der Waals surface area contributed by atoms with Crippen molar-refractivity contribution in [3.63, 3.8) is 0 Å². The van der Waals surface area contributed by atoms with Crippen LogP contribution >= 0.6 is 0 Å². The molecule has 7 nitrogen and oxygen atoms in total. The van der Waals surface area contributed by atoms with Crippen LogP contribution in [-0.2, 0) is 25.8 Å². The number of aromatic nitrogens is 2. The molecule has 3 N–H and O–H groups in total. The van der Waals surface area contributed by atoms with Crippen LogP contribution in [0.15, 0.2) is 18.2 Å². The van der Waals surface area contributed by atoms with Gasteiger partial charge in [-0.3, -0.25) is 4.79 Å². The third kappa shape index (κ3) is 4.19. The number of benzene rings is 1. The van der Waals surface area contributed by atoms with Gasteiger partial charge in [-0.1, -0.05) is 0 Å². The number of fused-ring (bicyclic) bond motifs is 1. The summed E-state index contributed by atoms with van der Waals surface area (Å²) >= 11 is 0. The Morgan fingerprint density at radius 1 is 1.38 bits per heavy atom. The second-order valence-electron chi connectivity index (χ2n) is 4.69. The highest BCUT2D eigenvalue weighted by atomic mass is 32.2. The number of methoxy groups -OCH3 is 1. The zero-order valence-electron chi connectivity index (χ0n) is 11.6. The van der Waals surface area contributed by atoms with Crippen LogP contribution in [-0.4, -0.2) is 43.0 Å². The maximum absolute atomic E-state index is 11.8. The average Bonchev–Trinajstić information content (AvgIpc) is 2.85. The minimum absolute atomic E-state index is 0.0701. The Labute approximate surface area is 122 Å². The summed E-state index contributed by atoms with van der Waals surface area (Å²) in [6, 6.07) is 5.26. The molecular weight excluding hydrogens is 294 g/mol. The van der Waals surface area contributed by atoms with E-state index in [1.54, 1.807) is 18.2 Å². The number of nitrogens with one attached hydrogen (secondary N) is 1. The Balaban J connectivity index is 1.99. The zero-order chi connectivity index (χ0) is 15.5. The van der Waals surface area contributed by atoms with Crippen LogP contribution in [0, 0.1) is 0 Å². The summed E-state index contributed by atoms with van der Waals surface area (Å²) in [4.78, 5) is 18.3. The van der Waals surface area contributed by atoms with Crippen LogP contribution in [0.1, 0.15) is 12.2 Å². The summed E-state index contributed by atoms with van der Waals surface area (Å²) in [7, 11) is -2.08. The van der Waals surface area contributed by atoms with Crippen LogP contribution in [0.2, 0.25) is 0 Å². The number of sulfone groups is 1. The van der Waals surface area contributed by atoms with Crippen LogP contribution in [0.4, 0.5) is 5.69 Å². The number of hydrogen-bond donors (Lipinski definition) is 2. The number of H-pyrrole nitrogens is 1. The molecule has 0 aliphatic carbocycles. The van der Waals surface area contributed by atoms with E-state index in [0.29, 0.717) is 11.5 Å². The van der Waals surface area contributed by atoms with E-state index in [-0.39, 0.29) is 24.3 Å². The zero-order valence-corrected chi connectivity index (χ0v) is 12.4. The van der Waals surface area contributed by atoms with Crippen molar-refractivity contribution in [3.05, 3.63) is 24.0 Å². The number of carbonyl (C=O) groups excluding carboxylic acids is 1. The second kappa shape index (κ2) is 6.13. The van der Waals surface area contributed by atoms with Crippen molar-refractivity contribution in [3.8, 4) is 0 Å². The molecule has 0 spiro atoms. The Bertz CT molecular complexity index is 752. The van der Waals surface area contributed by atoms with Crippen molar-refractivity contribution in [2.24, 2.45) is 0 Å². The third-order valence-corrected chi connectivity index (χ3v) is 4.70. The average molecular weight is 311 g/mol. The number of hydrogen-bond acceptors (Lipinski definition) is 6. The predicted octanol–water partition coefficient (Wildman–Crippen LogP) is 0.665. The topological polar surface area (TPSA) is 115 Å². The molecule has 0 bridgehead atoms. The minimum Gasteiger partial charge on any atom is -0.469 e. The predicted molar refractivity (Wildman–Crippen MR) is 79.5 cm³/mol. The van der Waals surface area contributed by atoms with Crippen LogP contribution in [0.25, 0.3) is 11.0 Å². The molecule has 1 aromatic heterocycles. The number of aryl methyl sites for hydroxylation is 1. The second-order valence-corrected chi connectivity index (χ2v) is 6.99. The van der Waals surface area contributed by atoms with Gasteiger partial charge >= 0.3 is 5.97 Å². The molecule has 114 valence electrons. The van der Waals surface area contributed by atoms with Gasteiger partial charge in [-0.15, -0.1) is 0 Å². The Morgan fingerprint density at radius 3 is 2.86 bits per heavy atom. The van der Waals surface area contributed by atoms with Gasteiger partial charge in [-0.2, -0.15) is 0 Å². The Hall–Kier alpha value is -2.09. The maximum atomic E-state index is 11.8. The first-order chi connectivity index (χ1) is 9.89. The number of nitrogen functional groups attached to an aromatic ring is 1. The summed E-state index contributed by atoms with van der Waals surface area (Å²) in [5.41, 5.74) is 7.80. The first kappa shape index (κ1) is 15.3.